The summed E-state index contributed by atoms with van der Waals surface area (Å²) >= 11 is 0. The first kappa shape index (κ1) is 20.4. The minimum Gasteiger partial charge on any atom is -0.497 e. The third-order valence-corrected chi connectivity index (χ3v) is 5.88. The van der Waals surface area contributed by atoms with Crippen LogP contribution in [0.1, 0.15) is 41.2 Å². The number of likely N-dealkylation sites (tertiary alicyclic amines) is 1. The number of benzene rings is 2. The molecule has 0 radical (unpaired) electrons. The van der Waals surface area contributed by atoms with Gasteiger partial charge in [0.05, 0.1) is 7.11 Å². The molecule has 2 aliphatic rings. The second-order valence-electron chi connectivity index (χ2n) is 7.85. The zero-order valence-electron chi connectivity index (χ0n) is 17.1. The van der Waals surface area contributed by atoms with Gasteiger partial charge in [0.25, 0.3) is 5.91 Å². The van der Waals surface area contributed by atoms with Gasteiger partial charge in [0, 0.05) is 30.7 Å². The summed E-state index contributed by atoms with van der Waals surface area (Å²) in [5.74, 6) is 0.680. The minimum absolute atomic E-state index is 0.0690. The monoisotopic (exact) mass is 408 g/mol. The molecule has 158 valence electrons. The molecule has 2 aromatic carbocycles. The molecule has 0 saturated carbocycles. The molecule has 2 aromatic rings. The van der Waals surface area contributed by atoms with E-state index in [1.54, 1.807) is 25.3 Å². The molecule has 2 amide bonds. The predicted octanol–water partition coefficient (Wildman–Crippen LogP) is 2.02. The summed E-state index contributed by atoms with van der Waals surface area (Å²) in [7, 11) is 1.58. The van der Waals surface area contributed by atoms with Crippen molar-refractivity contribution in [2.75, 3.05) is 20.2 Å². The van der Waals surface area contributed by atoms with Gasteiger partial charge in [-0.2, -0.15) is 0 Å². The van der Waals surface area contributed by atoms with E-state index in [-0.39, 0.29) is 29.9 Å². The molecule has 0 aromatic heterocycles. The van der Waals surface area contributed by atoms with Crippen LogP contribution < -0.4 is 20.9 Å². The van der Waals surface area contributed by atoms with E-state index in [0.717, 1.165) is 19.3 Å². The highest BCUT2D eigenvalue weighted by molar-refractivity contribution is 5.94. The zero-order valence-corrected chi connectivity index (χ0v) is 17.1. The number of ether oxygens (including phenoxy) is 1. The van der Waals surface area contributed by atoms with Gasteiger partial charge in [-0.25, -0.2) is 10.9 Å². The molecular formula is C23H28N4O3. The fraction of sp³-hybridized carbons (Fsp3) is 0.391. The summed E-state index contributed by atoms with van der Waals surface area (Å²) in [6, 6.07) is 17.3. The maximum absolute atomic E-state index is 12.9. The third-order valence-electron chi connectivity index (χ3n) is 5.88. The molecule has 2 fully saturated rings. The quantitative estimate of drug-likeness (QED) is 0.705. The Labute approximate surface area is 176 Å². The van der Waals surface area contributed by atoms with Crippen LogP contribution in [-0.2, 0) is 4.79 Å². The van der Waals surface area contributed by atoms with Crippen molar-refractivity contribution in [3.8, 4) is 5.75 Å². The van der Waals surface area contributed by atoms with Gasteiger partial charge in [0.15, 0.2) is 0 Å². The Balaban J connectivity index is 1.26. The maximum Gasteiger partial charge on any atom is 0.251 e. The number of carbonyl (C=O) groups excluding carboxylic acids is 2. The second kappa shape index (κ2) is 9.28. The number of methoxy groups -OCH3 is 1. The van der Waals surface area contributed by atoms with E-state index >= 15 is 0 Å². The Morgan fingerprint density at radius 3 is 2.53 bits per heavy atom. The van der Waals surface area contributed by atoms with Crippen molar-refractivity contribution < 1.29 is 14.3 Å². The van der Waals surface area contributed by atoms with E-state index in [4.69, 9.17) is 4.74 Å². The standard InChI is InChI=1S/C23H28N4O3/c1-30-19-9-5-8-17(14-19)22(28)24-18-10-12-27(13-11-18)23(29)21-15-20(25-26-21)16-6-3-2-4-7-16/h2-9,14,18,20-21,25-26H,10-13,15H2,1H3,(H,24,28). The van der Waals surface area contributed by atoms with Crippen LogP contribution in [0.4, 0.5) is 0 Å². The molecule has 2 heterocycles. The van der Waals surface area contributed by atoms with E-state index in [1.807, 2.05) is 29.2 Å². The van der Waals surface area contributed by atoms with Crippen molar-refractivity contribution in [3.63, 3.8) is 0 Å². The Morgan fingerprint density at radius 2 is 1.80 bits per heavy atom. The van der Waals surface area contributed by atoms with Crippen LogP contribution >= 0.6 is 0 Å². The molecule has 0 spiro atoms. The first-order chi connectivity index (χ1) is 14.6. The number of nitrogens with one attached hydrogen (secondary N) is 3. The molecule has 2 aliphatic heterocycles. The smallest absolute Gasteiger partial charge is 0.251 e. The molecule has 7 heteroatoms. The maximum atomic E-state index is 12.9. The van der Waals surface area contributed by atoms with Crippen molar-refractivity contribution in [2.45, 2.75) is 37.4 Å². The van der Waals surface area contributed by atoms with Crippen LogP contribution in [0, 0.1) is 0 Å². The molecule has 2 saturated heterocycles. The van der Waals surface area contributed by atoms with Gasteiger partial charge < -0.3 is 15.0 Å². The van der Waals surface area contributed by atoms with Crippen molar-refractivity contribution in [3.05, 3.63) is 65.7 Å². The Bertz CT molecular complexity index is 881. The fourth-order valence-corrected chi connectivity index (χ4v) is 4.12. The predicted molar refractivity (Wildman–Crippen MR) is 114 cm³/mol. The van der Waals surface area contributed by atoms with Crippen LogP contribution in [0.3, 0.4) is 0 Å². The molecule has 2 unspecified atom stereocenters. The number of hydrogen-bond donors (Lipinski definition) is 3. The average molecular weight is 409 g/mol. The van der Waals surface area contributed by atoms with Crippen LogP contribution in [0.5, 0.6) is 5.75 Å². The van der Waals surface area contributed by atoms with Crippen LogP contribution in [0.2, 0.25) is 0 Å². The first-order valence-corrected chi connectivity index (χ1v) is 10.4. The van der Waals surface area contributed by atoms with Crippen molar-refractivity contribution in [1.82, 2.24) is 21.1 Å². The highest BCUT2D eigenvalue weighted by atomic mass is 16.5. The van der Waals surface area contributed by atoms with Crippen molar-refractivity contribution >= 4 is 11.8 Å². The summed E-state index contributed by atoms with van der Waals surface area (Å²) < 4.78 is 5.18. The van der Waals surface area contributed by atoms with E-state index in [2.05, 4.69) is 28.3 Å². The number of piperidine rings is 1. The van der Waals surface area contributed by atoms with Gasteiger partial charge >= 0.3 is 0 Å². The Hall–Kier alpha value is -2.90. The fourth-order valence-electron chi connectivity index (χ4n) is 4.12. The summed E-state index contributed by atoms with van der Waals surface area (Å²) in [5, 5.41) is 3.08. The lowest BCUT2D eigenvalue weighted by Crippen LogP contribution is -2.51. The van der Waals surface area contributed by atoms with Gasteiger partial charge in [-0.3, -0.25) is 9.59 Å². The highest BCUT2D eigenvalue weighted by Crippen LogP contribution is 2.24. The highest BCUT2D eigenvalue weighted by Gasteiger charge is 2.34. The number of carbonyl (C=O) groups is 2. The Morgan fingerprint density at radius 1 is 1.03 bits per heavy atom. The van der Waals surface area contributed by atoms with E-state index in [0.29, 0.717) is 24.4 Å². The number of hydrogen-bond acceptors (Lipinski definition) is 5. The lowest BCUT2D eigenvalue weighted by molar-refractivity contribution is -0.134. The summed E-state index contributed by atoms with van der Waals surface area (Å²) in [6.07, 6.45) is 2.24. The van der Waals surface area contributed by atoms with Gasteiger partial charge in [-0.1, -0.05) is 36.4 Å². The molecule has 30 heavy (non-hydrogen) atoms. The summed E-state index contributed by atoms with van der Waals surface area (Å²) in [4.78, 5) is 27.3. The lowest BCUT2D eigenvalue weighted by atomic mass is 9.99. The molecule has 3 N–H and O–H groups in total. The molecule has 0 bridgehead atoms. The van der Waals surface area contributed by atoms with E-state index < -0.39 is 0 Å². The van der Waals surface area contributed by atoms with Gasteiger partial charge in [-0.15, -0.1) is 0 Å². The van der Waals surface area contributed by atoms with Crippen molar-refractivity contribution in [2.24, 2.45) is 0 Å². The summed E-state index contributed by atoms with van der Waals surface area (Å²) in [6.45, 7) is 1.30. The number of amides is 2. The largest absolute Gasteiger partial charge is 0.497 e. The first-order valence-electron chi connectivity index (χ1n) is 10.4. The summed E-state index contributed by atoms with van der Waals surface area (Å²) in [5.41, 5.74) is 8.16. The topological polar surface area (TPSA) is 82.7 Å². The molecule has 0 aliphatic carbocycles. The third kappa shape index (κ3) is 4.63. The lowest BCUT2D eigenvalue weighted by Gasteiger charge is -2.33. The Kier molecular flexibility index (Phi) is 6.30. The minimum atomic E-state index is -0.224. The van der Waals surface area contributed by atoms with Crippen LogP contribution in [0.15, 0.2) is 54.6 Å². The second-order valence-corrected chi connectivity index (χ2v) is 7.85. The van der Waals surface area contributed by atoms with Crippen LogP contribution in [0.25, 0.3) is 0 Å². The van der Waals surface area contributed by atoms with Gasteiger partial charge in [-0.05, 0) is 43.0 Å². The van der Waals surface area contributed by atoms with Gasteiger partial charge in [0.2, 0.25) is 5.91 Å². The van der Waals surface area contributed by atoms with Gasteiger partial charge in [0.1, 0.15) is 11.8 Å². The molecular weight excluding hydrogens is 380 g/mol. The number of nitrogens with zero attached hydrogens (tertiary/aromatic N) is 1. The molecule has 7 nitrogen and oxygen atoms in total. The van der Waals surface area contributed by atoms with E-state index in [1.165, 1.54) is 5.56 Å². The molecule has 4 rings (SSSR count). The average Bonchev–Trinajstić information content (AvgIpc) is 3.30. The van der Waals surface area contributed by atoms with Crippen LogP contribution in [-0.4, -0.2) is 49.0 Å². The number of hydrazine groups is 1. The van der Waals surface area contributed by atoms with E-state index in [9.17, 15) is 9.59 Å². The molecule has 2 atom stereocenters. The number of rotatable bonds is 5. The zero-order chi connectivity index (χ0) is 20.9. The normalized spacial score (nSPS) is 22.0. The SMILES string of the molecule is COc1cccc(C(=O)NC2CCN(C(=O)C3CC(c4ccccc4)NN3)CC2)c1. The van der Waals surface area contributed by atoms with Crippen molar-refractivity contribution in [1.29, 1.82) is 0 Å².